The lowest BCUT2D eigenvalue weighted by Gasteiger charge is -2.13. The van der Waals surface area contributed by atoms with E-state index in [9.17, 15) is 9.59 Å². The topological polar surface area (TPSA) is 78.2 Å². The van der Waals surface area contributed by atoms with Crippen molar-refractivity contribution in [1.29, 1.82) is 0 Å². The first-order chi connectivity index (χ1) is 9.13. The minimum Gasteiger partial charge on any atom is -0.348 e. The van der Waals surface area contributed by atoms with E-state index in [1.807, 2.05) is 18.2 Å². The van der Waals surface area contributed by atoms with Crippen molar-refractivity contribution in [2.24, 2.45) is 0 Å². The van der Waals surface area contributed by atoms with Gasteiger partial charge in [-0.2, -0.15) is 0 Å². The predicted octanol–water partition coefficient (Wildman–Crippen LogP) is 0.603. The number of rotatable bonds is 3. The molecule has 1 aromatic heterocycles. The number of H-pyrrole nitrogens is 2. The molecule has 1 aliphatic heterocycles. The largest absolute Gasteiger partial charge is 0.348 e. The third-order valence-electron chi connectivity index (χ3n) is 3.39. The molecule has 6 nitrogen and oxygen atoms in total. The van der Waals surface area contributed by atoms with Crippen molar-refractivity contribution < 1.29 is 9.53 Å². The van der Waals surface area contributed by atoms with Crippen LogP contribution in [-0.2, 0) is 16.0 Å². The van der Waals surface area contributed by atoms with Gasteiger partial charge in [-0.25, -0.2) is 4.79 Å². The first kappa shape index (κ1) is 12.0. The molecule has 0 radical (unpaired) electrons. The van der Waals surface area contributed by atoms with Gasteiger partial charge in [0.2, 0.25) is 0 Å². The molecule has 0 spiro atoms. The third kappa shape index (κ3) is 2.26. The van der Waals surface area contributed by atoms with Gasteiger partial charge in [-0.05, 0) is 31.0 Å². The lowest BCUT2D eigenvalue weighted by Crippen LogP contribution is -2.30. The van der Waals surface area contributed by atoms with E-state index in [4.69, 9.17) is 4.74 Å². The molecular weight excluding hydrogens is 246 g/mol. The van der Waals surface area contributed by atoms with Crippen LogP contribution < -0.4 is 5.69 Å². The Hall–Kier alpha value is -2.08. The fraction of sp³-hybridized carbons (Fsp3) is 0.385. The summed E-state index contributed by atoms with van der Waals surface area (Å²) in [6.07, 6.45) is 0.411. The van der Waals surface area contributed by atoms with Gasteiger partial charge in [0.1, 0.15) is 12.8 Å². The minimum atomic E-state index is -0.330. The molecule has 1 aromatic carbocycles. The lowest BCUT2D eigenvalue weighted by atomic mass is 10.1. The zero-order valence-electron chi connectivity index (χ0n) is 10.6. The number of carbonyl (C=O) groups excluding carboxylic acids is 1. The summed E-state index contributed by atoms with van der Waals surface area (Å²) in [5, 5.41) is 0. The molecule has 1 atom stereocenters. The number of hydrogen-bond acceptors (Lipinski definition) is 3. The molecular formula is C13H15N3O3. The number of amides is 1. The number of nitrogens with one attached hydrogen (secondary N) is 2. The van der Waals surface area contributed by atoms with Crippen molar-refractivity contribution in [3.05, 3.63) is 34.2 Å². The van der Waals surface area contributed by atoms with Crippen LogP contribution in [0.25, 0.3) is 11.0 Å². The average molecular weight is 261 g/mol. The van der Waals surface area contributed by atoms with E-state index in [1.165, 1.54) is 0 Å². The number of benzene rings is 1. The highest BCUT2D eigenvalue weighted by atomic mass is 16.5. The van der Waals surface area contributed by atoms with Gasteiger partial charge < -0.3 is 19.6 Å². The molecule has 19 heavy (non-hydrogen) atoms. The maximum Gasteiger partial charge on any atom is 0.323 e. The Morgan fingerprint density at radius 1 is 1.32 bits per heavy atom. The normalized spacial score (nSPS) is 19.5. The number of aromatic nitrogens is 2. The maximum absolute atomic E-state index is 11.7. The van der Waals surface area contributed by atoms with Crippen molar-refractivity contribution in [1.82, 2.24) is 14.9 Å². The van der Waals surface area contributed by atoms with Gasteiger partial charge in [0.25, 0.3) is 5.91 Å². The van der Waals surface area contributed by atoms with Gasteiger partial charge in [-0.1, -0.05) is 6.07 Å². The lowest BCUT2D eigenvalue weighted by molar-refractivity contribution is -0.129. The van der Waals surface area contributed by atoms with Gasteiger partial charge in [-0.15, -0.1) is 0 Å². The summed E-state index contributed by atoms with van der Waals surface area (Å²) >= 11 is 0. The molecule has 0 aliphatic carbocycles. The van der Waals surface area contributed by atoms with Gasteiger partial charge in [-0.3, -0.25) is 4.79 Å². The molecule has 1 aliphatic rings. The Bertz CT molecular complexity index is 673. The second-order valence-corrected chi connectivity index (χ2v) is 4.75. The molecule has 1 saturated heterocycles. The number of aromatic amines is 2. The molecule has 0 saturated carbocycles. The molecule has 1 amide bonds. The Balaban J connectivity index is 1.71. The Kier molecular flexibility index (Phi) is 2.87. The fourth-order valence-corrected chi connectivity index (χ4v) is 2.27. The fourth-order valence-electron chi connectivity index (χ4n) is 2.27. The van der Waals surface area contributed by atoms with Crippen LogP contribution in [0.1, 0.15) is 12.5 Å². The summed E-state index contributed by atoms with van der Waals surface area (Å²) in [6, 6.07) is 5.75. The first-order valence-electron chi connectivity index (χ1n) is 6.25. The van der Waals surface area contributed by atoms with Crippen molar-refractivity contribution in [3.8, 4) is 0 Å². The van der Waals surface area contributed by atoms with E-state index in [0.717, 1.165) is 23.0 Å². The molecule has 6 heteroatoms. The molecule has 2 aromatic rings. The molecule has 100 valence electrons. The summed E-state index contributed by atoms with van der Waals surface area (Å²) in [7, 11) is 0. The van der Waals surface area contributed by atoms with Crippen molar-refractivity contribution in [2.45, 2.75) is 19.4 Å². The number of ether oxygens (including phenoxy) is 1. The summed E-state index contributed by atoms with van der Waals surface area (Å²) in [5.41, 5.74) is 2.46. The number of carbonyl (C=O) groups is 1. The van der Waals surface area contributed by atoms with Crippen LogP contribution in [0.2, 0.25) is 0 Å². The maximum atomic E-state index is 11.7. The van der Waals surface area contributed by atoms with Crippen LogP contribution in [0.4, 0.5) is 0 Å². The number of fused-ring (bicyclic) bond motifs is 1. The number of hydrogen-bond donors (Lipinski definition) is 2. The van der Waals surface area contributed by atoms with Crippen LogP contribution in [0, 0.1) is 0 Å². The third-order valence-corrected chi connectivity index (χ3v) is 3.39. The van der Waals surface area contributed by atoms with E-state index in [0.29, 0.717) is 13.3 Å². The quantitative estimate of drug-likeness (QED) is 0.849. The highest BCUT2D eigenvalue weighted by molar-refractivity contribution is 5.81. The zero-order chi connectivity index (χ0) is 13.4. The number of nitrogens with zero attached hydrogens (tertiary/aromatic N) is 1. The smallest absolute Gasteiger partial charge is 0.323 e. The Labute approximate surface area is 109 Å². The second kappa shape index (κ2) is 4.55. The second-order valence-electron chi connectivity index (χ2n) is 4.75. The van der Waals surface area contributed by atoms with E-state index in [1.54, 1.807) is 11.8 Å². The summed E-state index contributed by atoms with van der Waals surface area (Å²) in [5.74, 6) is 0.0381. The highest BCUT2D eigenvalue weighted by Gasteiger charge is 2.28. The highest BCUT2D eigenvalue weighted by Crippen LogP contribution is 2.13. The monoisotopic (exact) mass is 261 g/mol. The molecule has 2 N–H and O–H groups in total. The van der Waals surface area contributed by atoms with E-state index in [-0.39, 0.29) is 17.7 Å². The summed E-state index contributed by atoms with van der Waals surface area (Å²) in [4.78, 5) is 30.0. The average Bonchev–Trinajstić information content (AvgIpc) is 2.90. The van der Waals surface area contributed by atoms with E-state index >= 15 is 0 Å². The Morgan fingerprint density at radius 3 is 2.84 bits per heavy atom. The molecule has 1 fully saturated rings. The molecule has 2 heterocycles. The van der Waals surface area contributed by atoms with Crippen molar-refractivity contribution in [3.63, 3.8) is 0 Å². The molecule has 1 unspecified atom stereocenters. The molecule has 0 bridgehead atoms. The summed E-state index contributed by atoms with van der Waals surface area (Å²) < 4.78 is 5.26. The minimum absolute atomic E-state index is 0.0381. The zero-order valence-corrected chi connectivity index (χ0v) is 10.6. The van der Waals surface area contributed by atoms with Gasteiger partial charge >= 0.3 is 5.69 Å². The van der Waals surface area contributed by atoms with Crippen LogP contribution in [0.15, 0.2) is 23.0 Å². The number of imidazole rings is 1. The van der Waals surface area contributed by atoms with E-state index in [2.05, 4.69) is 9.97 Å². The van der Waals surface area contributed by atoms with Crippen LogP contribution in [0.3, 0.4) is 0 Å². The summed E-state index contributed by atoms with van der Waals surface area (Å²) in [6.45, 7) is 2.76. The first-order valence-corrected chi connectivity index (χ1v) is 6.25. The van der Waals surface area contributed by atoms with Crippen molar-refractivity contribution >= 4 is 16.9 Å². The van der Waals surface area contributed by atoms with Crippen molar-refractivity contribution in [2.75, 3.05) is 13.3 Å². The van der Waals surface area contributed by atoms with Gasteiger partial charge in [0.05, 0.1) is 11.0 Å². The van der Waals surface area contributed by atoms with Gasteiger partial charge in [0, 0.05) is 6.54 Å². The van der Waals surface area contributed by atoms with Crippen LogP contribution in [-0.4, -0.2) is 40.2 Å². The standard InChI is InChI=1S/C13H15N3O3/c1-8-12(17)16(7-19-8)5-4-9-2-3-10-11(6-9)15-13(18)14-10/h2-3,6,8H,4-5,7H2,1H3,(H2,14,15,18). The predicted molar refractivity (Wildman–Crippen MR) is 69.8 cm³/mol. The SMILES string of the molecule is CC1OCN(CCc2ccc3[nH]c(=O)[nH]c3c2)C1=O. The van der Waals surface area contributed by atoms with Crippen LogP contribution >= 0.6 is 0 Å². The van der Waals surface area contributed by atoms with E-state index < -0.39 is 0 Å². The molecule has 3 rings (SSSR count). The van der Waals surface area contributed by atoms with Crippen LogP contribution in [0.5, 0.6) is 0 Å². The van der Waals surface area contributed by atoms with Gasteiger partial charge in [0.15, 0.2) is 0 Å². The Morgan fingerprint density at radius 2 is 2.11 bits per heavy atom.